The van der Waals surface area contributed by atoms with Gasteiger partial charge in [-0.15, -0.1) is 0 Å². The van der Waals surface area contributed by atoms with Gasteiger partial charge < -0.3 is 9.84 Å². The molecule has 0 radical (unpaired) electrons. The molecule has 4 saturated carbocycles. The highest BCUT2D eigenvalue weighted by Gasteiger charge is 2.88. The first-order valence-corrected chi connectivity index (χ1v) is 10.7. The Balaban J connectivity index is 1.59. The van der Waals surface area contributed by atoms with Gasteiger partial charge in [0.25, 0.3) is 0 Å². The zero-order valence-corrected chi connectivity index (χ0v) is 15.8. The van der Waals surface area contributed by atoms with Crippen LogP contribution in [0.5, 0.6) is 0 Å². The van der Waals surface area contributed by atoms with Crippen LogP contribution in [0.3, 0.4) is 0 Å². The molecule has 0 aromatic carbocycles. The average molecular weight is 355 g/mol. The Kier molecular flexibility index (Phi) is 2.35. The Labute approximate surface area is 155 Å². The number of nitrogens with zero attached hydrogens (tertiary/aromatic N) is 1. The largest absolute Gasteiger partial charge is 0.388 e. The van der Waals surface area contributed by atoms with Crippen molar-refractivity contribution in [2.45, 2.75) is 70.2 Å². The second kappa shape index (κ2) is 4.01. The van der Waals surface area contributed by atoms with Crippen molar-refractivity contribution in [1.82, 2.24) is 4.90 Å². The van der Waals surface area contributed by atoms with E-state index in [4.69, 9.17) is 4.74 Å². The van der Waals surface area contributed by atoms with Crippen molar-refractivity contribution in [2.75, 3.05) is 13.2 Å². The van der Waals surface area contributed by atoms with E-state index in [2.05, 4.69) is 24.8 Å². The highest BCUT2D eigenvalue weighted by atomic mass is 16.5. The quantitative estimate of drug-likeness (QED) is 0.679. The van der Waals surface area contributed by atoms with E-state index in [9.17, 15) is 9.90 Å². The van der Waals surface area contributed by atoms with Gasteiger partial charge in [0.05, 0.1) is 12.2 Å². The summed E-state index contributed by atoms with van der Waals surface area (Å²) in [5.74, 6) is 1.36. The van der Waals surface area contributed by atoms with Crippen LogP contribution in [0.2, 0.25) is 0 Å². The van der Waals surface area contributed by atoms with Crippen molar-refractivity contribution >= 4 is 5.78 Å². The Hall–Kier alpha value is -0.710. The monoisotopic (exact) mass is 355 g/mol. The molecular weight excluding hydrogens is 326 g/mol. The molecule has 0 aromatic heterocycles. The fourth-order valence-corrected chi connectivity index (χ4v) is 10.1. The number of ketones is 1. The summed E-state index contributed by atoms with van der Waals surface area (Å²) in [4.78, 5) is 16.3. The van der Waals surface area contributed by atoms with Crippen molar-refractivity contribution in [3.8, 4) is 0 Å². The molecule has 9 atom stereocenters. The molecule has 2 aliphatic heterocycles. The number of hydrogen-bond acceptors (Lipinski definition) is 4. The molecule has 8 rings (SSSR count). The fraction of sp³-hybridized carbons (Fsp3) is 0.864. The minimum absolute atomic E-state index is 0.0122. The number of aliphatic hydroxyl groups is 1. The van der Waals surface area contributed by atoms with E-state index in [1.807, 2.05) is 0 Å². The Bertz CT molecular complexity index is 792. The van der Waals surface area contributed by atoms with Gasteiger partial charge in [0.15, 0.2) is 0 Å². The van der Waals surface area contributed by atoms with Crippen LogP contribution in [0.25, 0.3) is 0 Å². The lowest BCUT2D eigenvalue weighted by Gasteiger charge is -2.69. The molecule has 6 fully saturated rings. The van der Waals surface area contributed by atoms with E-state index < -0.39 is 5.60 Å². The lowest BCUT2D eigenvalue weighted by molar-refractivity contribution is -0.275. The summed E-state index contributed by atoms with van der Waals surface area (Å²) in [5, 5.41) is 12.5. The number of fused-ring (bicyclic) bond motifs is 3. The number of rotatable bonds is 0. The first-order chi connectivity index (χ1) is 12.4. The highest BCUT2D eigenvalue weighted by molar-refractivity contribution is 5.88. The second-order valence-corrected chi connectivity index (χ2v) is 10.9. The molecule has 140 valence electrons. The van der Waals surface area contributed by atoms with E-state index in [0.29, 0.717) is 30.1 Å². The summed E-state index contributed by atoms with van der Waals surface area (Å²) >= 11 is 0. The summed E-state index contributed by atoms with van der Waals surface area (Å²) in [5.41, 5.74) is 0.0662. The average Bonchev–Trinajstić information content (AvgIpc) is 3.05. The first kappa shape index (κ1) is 15.2. The molecule has 4 nitrogen and oxygen atoms in total. The normalized spacial score (nSPS) is 64.5. The number of carbonyl (C=O) groups excluding carboxylic acids is 1. The Morgan fingerprint density at radius 1 is 1.35 bits per heavy atom. The number of Topliss-reactive ketones (excluding diaryl/α,β-unsaturated/α-hetero) is 1. The van der Waals surface area contributed by atoms with Gasteiger partial charge in [-0.1, -0.05) is 25.0 Å². The lowest BCUT2D eigenvalue weighted by Crippen LogP contribution is -2.76. The zero-order chi connectivity index (χ0) is 17.7. The molecule has 6 aliphatic carbocycles. The van der Waals surface area contributed by atoms with E-state index >= 15 is 0 Å². The standard InChI is InChI=1S/C22H29NO3/c1-12-9-20-11-15(24)16-19(2)4-3-5-21(16)17(23-6-7-26-18(19)23)14(20)8-13(12)10-22(20,21)25/h9,13-14,16-18,25H,3-8,10-11H2,1-2H3/t13-,14+,16+,17+,18-,19+,20-,21+,22-/m0/s1. The predicted octanol–water partition coefficient (Wildman–Crippen LogP) is 2.51. The lowest BCUT2D eigenvalue weighted by atomic mass is 9.38. The molecule has 8 aliphatic rings. The van der Waals surface area contributed by atoms with Crippen LogP contribution in [-0.4, -0.2) is 46.8 Å². The molecule has 2 saturated heterocycles. The van der Waals surface area contributed by atoms with Gasteiger partial charge in [0.1, 0.15) is 12.0 Å². The molecule has 2 spiro atoms. The third kappa shape index (κ3) is 1.15. The predicted molar refractivity (Wildman–Crippen MR) is 95.1 cm³/mol. The van der Waals surface area contributed by atoms with Crippen LogP contribution in [0.15, 0.2) is 11.6 Å². The van der Waals surface area contributed by atoms with Crippen LogP contribution in [-0.2, 0) is 9.53 Å². The van der Waals surface area contributed by atoms with Gasteiger partial charge in [0, 0.05) is 41.2 Å². The maximum absolute atomic E-state index is 13.7. The smallest absolute Gasteiger partial charge is 0.138 e. The van der Waals surface area contributed by atoms with Crippen molar-refractivity contribution in [1.29, 1.82) is 0 Å². The van der Waals surface area contributed by atoms with Gasteiger partial charge in [-0.2, -0.15) is 0 Å². The molecule has 4 heteroatoms. The maximum Gasteiger partial charge on any atom is 0.138 e. The van der Waals surface area contributed by atoms with Gasteiger partial charge in [-0.3, -0.25) is 9.69 Å². The van der Waals surface area contributed by atoms with E-state index in [1.165, 1.54) is 5.57 Å². The van der Waals surface area contributed by atoms with Crippen LogP contribution >= 0.6 is 0 Å². The number of piperidine rings is 1. The van der Waals surface area contributed by atoms with Gasteiger partial charge in [-0.25, -0.2) is 0 Å². The SMILES string of the molecule is CC1=C[C@]23CC(=O)[C@@H]4[C@@]5(C)CCC[C@]46[C@@H]([C@H]2C[C@H]1C[C@@]63O)N1CCO[C@H]15. The summed E-state index contributed by atoms with van der Waals surface area (Å²) < 4.78 is 6.31. The highest BCUT2D eigenvalue weighted by Crippen LogP contribution is 2.83. The van der Waals surface area contributed by atoms with Crippen LogP contribution in [0.1, 0.15) is 52.4 Å². The number of allylic oxidation sites excluding steroid dienone is 1. The zero-order valence-electron chi connectivity index (χ0n) is 15.8. The third-order valence-electron chi connectivity index (χ3n) is 10.4. The maximum atomic E-state index is 13.7. The summed E-state index contributed by atoms with van der Waals surface area (Å²) in [7, 11) is 0. The molecule has 6 bridgehead atoms. The van der Waals surface area contributed by atoms with E-state index in [1.54, 1.807) is 0 Å². The summed E-state index contributed by atoms with van der Waals surface area (Å²) in [6, 6.07) is 0.333. The van der Waals surface area contributed by atoms with E-state index in [-0.39, 0.29) is 28.4 Å². The Morgan fingerprint density at radius 3 is 3.04 bits per heavy atom. The third-order valence-corrected chi connectivity index (χ3v) is 10.4. The van der Waals surface area contributed by atoms with Crippen LogP contribution in [0, 0.1) is 34.0 Å². The number of ether oxygens (including phenoxy) is 1. The summed E-state index contributed by atoms with van der Waals surface area (Å²) in [6.45, 7) is 6.30. The van der Waals surface area contributed by atoms with Gasteiger partial charge >= 0.3 is 0 Å². The van der Waals surface area contributed by atoms with Crippen molar-refractivity contribution < 1.29 is 14.6 Å². The first-order valence-electron chi connectivity index (χ1n) is 10.7. The molecule has 0 unspecified atom stereocenters. The van der Waals surface area contributed by atoms with Crippen molar-refractivity contribution in [3.63, 3.8) is 0 Å². The number of carbonyl (C=O) groups is 1. The number of hydrogen-bond donors (Lipinski definition) is 1. The van der Waals surface area contributed by atoms with Crippen molar-refractivity contribution in [2.24, 2.45) is 34.0 Å². The second-order valence-electron chi connectivity index (χ2n) is 10.9. The molecular formula is C22H29NO3. The molecule has 0 amide bonds. The Morgan fingerprint density at radius 2 is 2.19 bits per heavy atom. The molecule has 1 N–H and O–H groups in total. The summed E-state index contributed by atoms with van der Waals surface area (Å²) in [6.07, 6.45) is 8.30. The van der Waals surface area contributed by atoms with Crippen molar-refractivity contribution in [3.05, 3.63) is 11.6 Å². The topological polar surface area (TPSA) is 49.8 Å². The van der Waals surface area contributed by atoms with Gasteiger partial charge in [-0.05, 0) is 44.4 Å². The minimum Gasteiger partial charge on any atom is -0.388 e. The molecule has 2 heterocycles. The molecule has 0 aromatic rings. The van der Waals surface area contributed by atoms with Crippen LogP contribution in [0.4, 0.5) is 0 Å². The van der Waals surface area contributed by atoms with Crippen LogP contribution < -0.4 is 0 Å². The molecule has 26 heavy (non-hydrogen) atoms. The fourth-order valence-electron chi connectivity index (χ4n) is 10.1. The van der Waals surface area contributed by atoms with E-state index in [0.717, 1.165) is 45.3 Å². The minimum atomic E-state index is -0.689. The van der Waals surface area contributed by atoms with Gasteiger partial charge in [0.2, 0.25) is 0 Å².